The molecule has 0 amide bonds. The Balaban J connectivity index is 1.75. The van der Waals surface area contributed by atoms with Crippen LogP contribution in [0.5, 0.6) is 5.75 Å². The Hall–Kier alpha value is -3.66. The summed E-state index contributed by atoms with van der Waals surface area (Å²) >= 11 is 0. The topological polar surface area (TPSA) is 91.3 Å². The van der Waals surface area contributed by atoms with Crippen LogP contribution in [0.1, 0.15) is 11.1 Å². The number of oxazole rings is 1. The highest BCUT2D eigenvalue weighted by Gasteiger charge is 2.16. The smallest absolute Gasteiger partial charge is 0.227 e. The molecule has 0 aliphatic carbocycles. The molecule has 1 aromatic heterocycles. The van der Waals surface area contributed by atoms with Crippen molar-refractivity contribution in [2.45, 2.75) is 13.5 Å². The first-order chi connectivity index (χ1) is 15.2. The maximum Gasteiger partial charge on any atom is 0.227 e. The van der Waals surface area contributed by atoms with Crippen molar-refractivity contribution >= 4 is 11.1 Å². The van der Waals surface area contributed by atoms with E-state index in [2.05, 4.69) is 30.4 Å². The Labute approximate surface area is 180 Å². The van der Waals surface area contributed by atoms with Crippen molar-refractivity contribution in [3.8, 4) is 34.4 Å². The van der Waals surface area contributed by atoms with Gasteiger partial charge in [-0.25, -0.2) is 4.98 Å². The highest BCUT2D eigenvalue weighted by atomic mass is 16.5. The van der Waals surface area contributed by atoms with Crippen molar-refractivity contribution in [2.75, 3.05) is 19.8 Å². The summed E-state index contributed by atoms with van der Waals surface area (Å²) in [6.45, 7) is 3.00. The van der Waals surface area contributed by atoms with Crippen LogP contribution in [0.15, 0.2) is 65.1 Å². The molecule has 0 atom stereocenters. The van der Waals surface area contributed by atoms with E-state index in [0.717, 1.165) is 27.8 Å². The molecule has 0 fully saturated rings. The van der Waals surface area contributed by atoms with Crippen LogP contribution in [0.2, 0.25) is 0 Å². The van der Waals surface area contributed by atoms with Gasteiger partial charge in [0.05, 0.1) is 6.61 Å². The third-order valence-electron chi connectivity index (χ3n) is 5.12. The first-order valence-corrected chi connectivity index (χ1v) is 10.1. The number of nitrogens with zero attached hydrogens (tertiary/aromatic N) is 2. The zero-order valence-electron chi connectivity index (χ0n) is 17.3. The lowest BCUT2D eigenvalue weighted by atomic mass is 9.96. The zero-order chi connectivity index (χ0) is 21.6. The van der Waals surface area contributed by atoms with Gasteiger partial charge in [0.25, 0.3) is 0 Å². The second-order valence-electron chi connectivity index (χ2n) is 7.14. The van der Waals surface area contributed by atoms with Gasteiger partial charge in [0.2, 0.25) is 5.89 Å². The van der Waals surface area contributed by atoms with E-state index in [1.807, 2.05) is 42.5 Å². The van der Waals surface area contributed by atoms with Gasteiger partial charge in [-0.2, -0.15) is 5.26 Å². The van der Waals surface area contributed by atoms with Crippen molar-refractivity contribution in [3.05, 3.63) is 71.8 Å². The molecule has 0 bridgehead atoms. The van der Waals surface area contributed by atoms with Gasteiger partial charge in [-0.3, -0.25) is 0 Å². The second kappa shape index (κ2) is 9.43. The summed E-state index contributed by atoms with van der Waals surface area (Å²) in [6, 6.07) is 22.0. The molecule has 0 unspecified atom stereocenters. The molecule has 4 rings (SSSR count). The minimum atomic E-state index is -0.0578. The lowest BCUT2D eigenvalue weighted by molar-refractivity contribution is 0.291. The summed E-state index contributed by atoms with van der Waals surface area (Å²) in [5, 5.41) is 21.0. The quantitative estimate of drug-likeness (QED) is 0.415. The van der Waals surface area contributed by atoms with Gasteiger partial charge in [-0.05, 0) is 35.7 Å². The molecule has 6 heteroatoms. The average Bonchev–Trinajstić information content (AvgIpc) is 3.21. The fourth-order valence-corrected chi connectivity index (χ4v) is 3.60. The summed E-state index contributed by atoms with van der Waals surface area (Å²) in [6.07, 6.45) is 0. The number of nitrogens with one attached hydrogen (secondary N) is 1. The molecule has 6 nitrogen and oxygen atoms in total. The lowest BCUT2D eigenvalue weighted by Gasteiger charge is -2.09. The van der Waals surface area contributed by atoms with Crippen LogP contribution in [0.3, 0.4) is 0 Å². The van der Waals surface area contributed by atoms with Gasteiger partial charge >= 0.3 is 0 Å². The molecule has 0 saturated carbocycles. The highest BCUT2D eigenvalue weighted by Crippen LogP contribution is 2.34. The van der Waals surface area contributed by atoms with Gasteiger partial charge < -0.3 is 19.6 Å². The average molecular weight is 413 g/mol. The first-order valence-electron chi connectivity index (χ1n) is 10.1. The standard InChI is InChI=1S/C25H23N3O3/c1-17-20(18-6-3-2-4-7-18)8-5-9-21(17)25-28-22-14-19(16-27-11-12-29)23(30-13-10-26)15-24(22)31-25/h2-9,14-15,27,29H,11-13,16H2,1H3. The van der Waals surface area contributed by atoms with Crippen molar-refractivity contribution < 1.29 is 14.3 Å². The number of benzene rings is 3. The molecule has 4 aromatic rings. The fourth-order valence-electron chi connectivity index (χ4n) is 3.60. The molecule has 0 aliphatic rings. The summed E-state index contributed by atoms with van der Waals surface area (Å²) < 4.78 is 11.7. The number of aliphatic hydroxyl groups excluding tert-OH is 1. The number of ether oxygens (including phenoxy) is 1. The summed E-state index contributed by atoms with van der Waals surface area (Å²) in [4.78, 5) is 4.72. The molecule has 2 N–H and O–H groups in total. The Morgan fingerprint density at radius 1 is 1.10 bits per heavy atom. The number of nitriles is 1. The minimum Gasteiger partial charge on any atom is -0.478 e. The van der Waals surface area contributed by atoms with Crippen molar-refractivity contribution in [2.24, 2.45) is 0 Å². The third kappa shape index (κ3) is 4.43. The molecule has 0 radical (unpaired) electrons. The number of aliphatic hydroxyl groups is 1. The van der Waals surface area contributed by atoms with Crippen LogP contribution in [0.4, 0.5) is 0 Å². The van der Waals surface area contributed by atoms with Crippen LogP contribution >= 0.6 is 0 Å². The molecule has 156 valence electrons. The van der Waals surface area contributed by atoms with Crippen LogP contribution in [-0.4, -0.2) is 29.8 Å². The summed E-state index contributed by atoms with van der Waals surface area (Å²) in [7, 11) is 0. The van der Waals surface area contributed by atoms with Gasteiger partial charge in [-0.15, -0.1) is 0 Å². The van der Waals surface area contributed by atoms with Gasteiger partial charge in [0.15, 0.2) is 12.2 Å². The van der Waals surface area contributed by atoms with Crippen molar-refractivity contribution in [1.82, 2.24) is 10.3 Å². The van der Waals surface area contributed by atoms with Crippen molar-refractivity contribution in [3.63, 3.8) is 0 Å². The van der Waals surface area contributed by atoms with E-state index in [0.29, 0.717) is 35.8 Å². The summed E-state index contributed by atoms with van der Waals surface area (Å²) in [5.41, 5.74) is 6.45. The molecular formula is C25H23N3O3. The second-order valence-corrected chi connectivity index (χ2v) is 7.14. The van der Waals surface area contributed by atoms with E-state index in [1.54, 1.807) is 6.07 Å². The normalized spacial score (nSPS) is 10.9. The molecule has 0 aliphatic heterocycles. The largest absolute Gasteiger partial charge is 0.478 e. The van der Waals surface area contributed by atoms with E-state index in [-0.39, 0.29) is 13.2 Å². The van der Waals surface area contributed by atoms with Crippen molar-refractivity contribution in [1.29, 1.82) is 5.26 Å². The molecular weight excluding hydrogens is 390 g/mol. The zero-order valence-corrected chi connectivity index (χ0v) is 17.3. The fraction of sp³-hybridized carbons (Fsp3) is 0.200. The number of rotatable bonds is 8. The Bertz CT molecular complexity index is 1230. The molecule has 0 spiro atoms. The van der Waals surface area contributed by atoms with Gasteiger partial charge in [-0.1, -0.05) is 42.5 Å². The number of aromatic nitrogens is 1. The maximum atomic E-state index is 9.02. The predicted molar refractivity (Wildman–Crippen MR) is 120 cm³/mol. The van der Waals surface area contributed by atoms with E-state index < -0.39 is 0 Å². The number of fused-ring (bicyclic) bond motifs is 1. The Morgan fingerprint density at radius 2 is 1.90 bits per heavy atom. The maximum absolute atomic E-state index is 9.02. The van der Waals surface area contributed by atoms with Crippen LogP contribution in [0.25, 0.3) is 33.7 Å². The van der Waals surface area contributed by atoms with Gasteiger partial charge in [0.1, 0.15) is 17.3 Å². The minimum absolute atomic E-state index is 0.0434. The van der Waals surface area contributed by atoms with Crippen LogP contribution in [-0.2, 0) is 6.54 Å². The first kappa shape index (κ1) is 20.6. The number of hydrogen-bond donors (Lipinski definition) is 2. The third-order valence-corrected chi connectivity index (χ3v) is 5.12. The molecule has 0 saturated heterocycles. The predicted octanol–water partition coefficient (Wildman–Crippen LogP) is 4.45. The van der Waals surface area contributed by atoms with Crippen LogP contribution in [0, 0.1) is 18.3 Å². The van der Waals surface area contributed by atoms with E-state index in [4.69, 9.17) is 24.5 Å². The monoisotopic (exact) mass is 413 g/mol. The van der Waals surface area contributed by atoms with E-state index in [1.165, 1.54) is 0 Å². The van der Waals surface area contributed by atoms with E-state index >= 15 is 0 Å². The SMILES string of the molecule is Cc1c(-c2ccccc2)cccc1-c1nc2cc(CNCCO)c(OCC#N)cc2o1. The summed E-state index contributed by atoms with van der Waals surface area (Å²) in [5.74, 6) is 1.11. The molecule has 1 heterocycles. The highest BCUT2D eigenvalue weighted by molar-refractivity contribution is 5.81. The molecule has 31 heavy (non-hydrogen) atoms. The Kier molecular flexibility index (Phi) is 6.27. The number of hydrogen-bond acceptors (Lipinski definition) is 6. The Morgan fingerprint density at radius 3 is 2.68 bits per heavy atom. The van der Waals surface area contributed by atoms with Gasteiger partial charge in [0, 0.05) is 30.3 Å². The lowest BCUT2D eigenvalue weighted by Crippen LogP contribution is -2.18. The van der Waals surface area contributed by atoms with E-state index in [9.17, 15) is 0 Å². The molecule has 3 aromatic carbocycles. The van der Waals surface area contributed by atoms with Crippen LogP contribution < -0.4 is 10.1 Å².